The third-order valence-electron chi connectivity index (χ3n) is 5.89. The quantitative estimate of drug-likeness (QED) is 0.844. The minimum atomic E-state index is -0.247. The molecule has 2 aliphatic rings. The number of carbonyl (C=O) groups is 2. The van der Waals surface area contributed by atoms with Gasteiger partial charge < -0.3 is 9.80 Å². The van der Waals surface area contributed by atoms with Crippen LogP contribution in [-0.4, -0.2) is 67.3 Å². The first kappa shape index (κ1) is 17.9. The largest absolute Gasteiger partial charge is 0.345 e. The predicted molar refractivity (Wildman–Crippen MR) is 98.1 cm³/mol. The van der Waals surface area contributed by atoms with Crippen molar-refractivity contribution in [3.8, 4) is 0 Å². The second kappa shape index (κ2) is 6.79. The molecule has 5 nitrogen and oxygen atoms in total. The Bertz CT molecular complexity index is 663. The Balaban J connectivity index is 1.73. The van der Waals surface area contributed by atoms with Crippen LogP contribution >= 0.6 is 0 Å². The van der Waals surface area contributed by atoms with Crippen molar-refractivity contribution in [2.75, 3.05) is 40.8 Å². The van der Waals surface area contributed by atoms with E-state index in [0.29, 0.717) is 6.42 Å². The molecule has 0 bridgehead atoms. The molecule has 2 aliphatic heterocycles. The highest BCUT2D eigenvalue weighted by atomic mass is 16.2. The van der Waals surface area contributed by atoms with Crippen LogP contribution in [0.1, 0.15) is 36.4 Å². The Kier molecular flexibility index (Phi) is 4.87. The van der Waals surface area contributed by atoms with Gasteiger partial charge in [-0.2, -0.15) is 0 Å². The maximum atomic E-state index is 13.2. The Labute approximate surface area is 150 Å². The Morgan fingerprint density at radius 3 is 2.36 bits per heavy atom. The maximum Gasteiger partial charge on any atom is 0.244 e. The van der Waals surface area contributed by atoms with E-state index in [-0.39, 0.29) is 23.3 Å². The van der Waals surface area contributed by atoms with Crippen LogP contribution in [0.25, 0.3) is 0 Å². The summed E-state index contributed by atoms with van der Waals surface area (Å²) in [6.45, 7) is 4.39. The Morgan fingerprint density at radius 1 is 1.20 bits per heavy atom. The van der Waals surface area contributed by atoms with Gasteiger partial charge in [-0.15, -0.1) is 0 Å². The molecule has 25 heavy (non-hydrogen) atoms. The van der Waals surface area contributed by atoms with Crippen LogP contribution in [-0.2, 0) is 9.59 Å². The zero-order valence-electron chi connectivity index (χ0n) is 15.8. The molecule has 0 N–H and O–H groups in total. The van der Waals surface area contributed by atoms with E-state index in [4.69, 9.17) is 0 Å². The van der Waals surface area contributed by atoms with Gasteiger partial charge in [0.05, 0.1) is 0 Å². The topological polar surface area (TPSA) is 43.9 Å². The highest BCUT2D eigenvalue weighted by Gasteiger charge is 2.45. The Hall–Kier alpha value is -1.88. The van der Waals surface area contributed by atoms with E-state index in [1.165, 1.54) is 0 Å². The number of likely N-dealkylation sites (N-methyl/N-ethyl adjacent to an activating group) is 1. The number of carbonyl (C=O) groups excluding carboxylic acids is 2. The minimum Gasteiger partial charge on any atom is -0.345 e. The first-order valence-corrected chi connectivity index (χ1v) is 9.08. The molecule has 0 aromatic heterocycles. The van der Waals surface area contributed by atoms with E-state index in [1.54, 1.807) is 0 Å². The smallest absolute Gasteiger partial charge is 0.244 e. The van der Waals surface area contributed by atoms with Crippen LogP contribution in [0.2, 0.25) is 0 Å². The number of rotatable bonds is 3. The van der Waals surface area contributed by atoms with Crippen molar-refractivity contribution >= 4 is 11.8 Å². The number of likely N-dealkylation sites (tertiary alicyclic amines) is 2. The summed E-state index contributed by atoms with van der Waals surface area (Å²) in [6.07, 6.45) is 2.48. The number of hydrogen-bond donors (Lipinski definition) is 0. The number of nitrogens with zero attached hydrogens (tertiary/aromatic N) is 3. The lowest BCUT2D eigenvalue weighted by Gasteiger charge is -2.40. The molecule has 136 valence electrons. The fraction of sp³-hybridized carbons (Fsp3) is 0.600. The summed E-state index contributed by atoms with van der Waals surface area (Å²) in [5.74, 6) is 0.415. The van der Waals surface area contributed by atoms with Crippen molar-refractivity contribution in [1.29, 1.82) is 0 Å². The number of aryl methyl sites for hydroxylation is 1. The van der Waals surface area contributed by atoms with Gasteiger partial charge in [0.25, 0.3) is 0 Å². The number of piperidine rings is 1. The third kappa shape index (κ3) is 3.43. The maximum absolute atomic E-state index is 13.2. The standard InChI is InChI=1S/C20H29N3O2/c1-15-7-5-6-8-16(15)18(21(2)3)19(25)23-11-9-20(10-12-23)13-17(24)22(4)14-20/h5-8,18H,9-14H2,1-4H3. The summed E-state index contributed by atoms with van der Waals surface area (Å²) in [7, 11) is 5.81. The van der Waals surface area contributed by atoms with E-state index in [1.807, 2.05) is 54.0 Å². The molecule has 0 radical (unpaired) electrons. The summed E-state index contributed by atoms with van der Waals surface area (Å²) in [5.41, 5.74) is 2.30. The molecule has 2 amide bonds. The zero-order chi connectivity index (χ0) is 18.2. The van der Waals surface area contributed by atoms with Crippen LogP contribution in [0.5, 0.6) is 0 Å². The molecule has 2 saturated heterocycles. The molecule has 0 aliphatic carbocycles. The molecule has 2 fully saturated rings. The SMILES string of the molecule is Cc1ccccc1C(C(=O)N1CCC2(CC1)CC(=O)N(C)C2)N(C)C. The van der Waals surface area contributed by atoms with Gasteiger partial charge in [0.15, 0.2) is 0 Å². The number of benzene rings is 1. The molecule has 0 saturated carbocycles. The molecule has 5 heteroatoms. The van der Waals surface area contributed by atoms with Gasteiger partial charge in [-0.1, -0.05) is 24.3 Å². The lowest BCUT2D eigenvalue weighted by atomic mass is 9.77. The van der Waals surface area contributed by atoms with Crippen molar-refractivity contribution < 1.29 is 9.59 Å². The molecular formula is C20H29N3O2. The number of hydrogen-bond acceptors (Lipinski definition) is 3. The van der Waals surface area contributed by atoms with Gasteiger partial charge in [0.2, 0.25) is 11.8 Å². The van der Waals surface area contributed by atoms with E-state index >= 15 is 0 Å². The van der Waals surface area contributed by atoms with Gasteiger partial charge in [0, 0.05) is 38.5 Å². The summed E-state index contributed by atoms with van der Waals surface area (Å²) < 4.78 is 0. The summed E-state index contributed by atoms with van der Waals surface area (Å²) >= 11 is 0. The molecule has 2 heterocycles. The van der Waals surface area contributed by atoms with Gasteiger partial charge in [0.1, 0.15) is 6.04 Å². The average molecular weight is 343 g/mol. The van der Waals surface area contributed by atoms with Crippen molar-refractivity contribution in [1.82, 2.24) is 14.7 Å². The highest BCUT2D eigenvalue weighted by molar-refractivity contribution is 5.84. The van der Waals surface area contributed by atoms with Crippen LogP contribution in [0.4, 0.5) is 0 Å². The zero-order valence-corrected chi connectivity index (χ0v) is 15.8. The van der Waals surface area contributed by atoms with Gasteiger partial charge in [-0.3, -0.25) is 14.5 Å². The fourth-order valence-corrected chi connectivity index (χ4v) is 4.34. The molecular weight excluding hydrogens is 314 g/mol. The molecule has 1 aromatic rings. The monoisotopic (exact) mass is 343 g/mol. The first-order valence-electron chi connectivity index (χ1n) is 9.08. The van der Waals surface area contributed by atoms with Crippen molar-refractivity contribution in [2.45, 2.75) is 32.2 Å². The van der Waals surface area contributed by atoms with E-state index in [9.17, 15) is 9.59 Å². The van der Waals surface area contributed by atoms with Crippen molar-refractivity contribution in [3.05, 3.63) is 35.4 Å². The Morgan fingerprint density at radius 2 is 1.84 bits per heavy atom. The lowest BCUT2D eigenvalue weighted by molar-refractivity contribution is -0.138. The van der Waals surface area contributed by atoms with Crippen molar-refractivity contribution in [2.24, 2.45) is 5.41 Å². The van der Waals surface area contributed by atoms with Gasteiger partial charge >= 0.3 is 0 Å². The molecule has 1 atom stereocenters. The lowest BCUT2D eigenvalue weighted by Crippen LogP contribution is -2.47. The number of amides is 2. The molecule has 1 aromatic carbocycles. The first-order chi connectivity index (χ1) is 11.8. The highest BCUT2D eigenvalue weighted by Crippen LogP contribution is 2.41. The summed E-state index contributed by atoms with van der Waals surface area (Å²) in [4.78, 5) is 31.0. The van der Waals surface area contributed by atoms with Crippen LogP contribution in [0.3, 0.4) is 0 Å². The minimum absolute atomic E-state index is 0.0822. The second-order valence-electron chi connectivity index (χ2n) is 7.97. The summed E-state index contributed by atoms with van der Waals surface area (Å²) in [6, 6.07) is 7.87. The van der Waals surface area contributed by atoms with E-state index in [0.717, 1.165) is 43.6 Å². The van der Waals surface area contributed by atoms with E-state index < -0.39 is 0 Å². The second-order valence-corrected chi connectivity index (χ2v) is 7.97. The predicted octanol–water partition coefficient (Wildman–Crippen LogP) is 2.07. The van der Waals surface area contributed by atoms with Crippen LogP contribution < -0.4 is 0 Å². The van der Waals surface area contributed by atoms with E-state index in [2.05, 4.69) is 13.0 Å². The van der Waals surface area contributed by atoms with Crippen molar-refractivity contribution in [3.63, 3.8) is 0 Å². The molecule has 1 spiro atoms. The van der Waals surface area contributed by atoms with Gasteiger partial charge in [-0.05, 0) is 45.0 Å². The molecule has 3 rings (SSSR count). The van der Waals surface area contributed by atoms with Gasteiger partial charge in [-0.25, -0.2) is 0 Å². The molecule has 1 unspecified atom stereocenters. The average Bonchev–Trinajstić information content (AvgIpc) is 2.83. The fourth-order valence-electron chi connectivity index (χ4n) is 4.34. The normalized spacial score (nSPS) is 21.2. The summed E-state index contributed by atoms with van der Waals surface area (Å²) in [5, 5.41) is 0. The third-order valence-corrected chi connectivity index (χ3v) is 5.89. The van der Waals surface area contributed by atoms with Crippen LogP contribution in [0.15, 0.2) is 24.3 Å². The van der Waals surface area contributed by atoms with Crippen LogP contribution in [0, 0.1) is 12.3 Å².